The van der Waals surface area contributed by atoms with Crippen LogP contribution in [0.15, 0.2) is 24.3 Å². The Hall–Kier alpha value is -0.920. The molecule has 3 N–H and O–H groups in total. The number of hydrogen-bond acceptors (Lipinski definition) is 4. The van der Waals surface area contributed by atoms with Crippen molar-refractivity contribution in [1.82, 2.24) is 5.43 Å². The van der Waals surface area contributed by atoms with E-state index in [4.69, 9.17) is 5.84 Å². The first-order valence-corrected chi connectivity index (χ1v) is 6.63. The third-order valence-corrected chi connectivity index (χ3v) is 2.98. The molecule has 0 heterocycles. The molecule has 1 atom stereocenters. The summed E-state index contributed by atoms with van der Waals surface area (Å²) in [6, 6.07) is 5.90. The minimum Gasteiger partial charge on any atom is -0.406 e. The lowest BCUT2D eigenvalue weighted by atomic mass is 10.1. The number of nitrogens with two attached hydrogens (primary N) is 1. The Morgan fingerprint density at radius 3 is 2.39 bits per heavy atom. The number of halogens is 3. The van der Waals surface area contributed by atoms with Gasteiger partial charge in [-0.3, -0.25) is 11.3 Å². The number of ether oxygens (including phenoxy) is 1. The molecule has 0 aliphatic rings. The largest absolute Gasteiger partial charge is 0.573 e. The van der Waals surface area contributed by atoms with Crippen molar-refractivity contribution in [3.05, 3.63) is 29.8 Å². The summed E-state index contributed by atoms with van der Waals surface area (Å²) in [7, 11) is 0. The normalized spacial score (nSPS) is 13.4. The standard InChI is InChI=1S/C11H15F3N2OS/c1-18-7-9(16-15)6-8-2-4-10(5-3-8)17-11(12,13)14/h2-5,9,16H,6-7,15H2,1H3. The van der Waals surface area contributed by atoms with Gasteiger partial charge in [-0.2, -0.15) is 11.8 Å². The van der Waals surface area contributed by atoms with Crippen molar-refractivity contribution in [2.24, 2.45) is 5.84 Å². The van der Waals surface area contributed by atoms with E-state index >= 15 is 0 Å². The molecule has 0 radical (unpaired) electrons. The van der Waals surface area contributed by atoms with Crippen LogP contribution in [-0.4, -0.2) is 24.4 Å². The van der Waals surface area contributed by atoms with E-state index in [-0.39, 0.29) is 11.8 Å². The summed E-state index contributed by atoms with van der Waals surface area (Å²) in [5, 5.41) is 0. The van der Waals surface area contributed by atoms with E-state index in [1.807, 2.05) is 6.26 Å². The van der Waals surface area contributed by atoms with Crippen molar-refractivity contribution < 1.29 is 17.9 Å². The quantitative estimate of drug-likeness (QED) is 0.620. The maximum atomic E-state index is 12.0. The van der Waals surface area contributed by atoms with Gasteiger partial charge in [-0.25, -0.2) is 0 Å². The molecule has 0 saturated carbocycles. The fourth-order valence-electron chi connectivity index (χ4n) is 1.48. The lowest BCUT2D eigenvalue weighted by molar-refractivity contribution is -0.274. The molecule has 0 amide bonds. The van der Waals surface area contributed by atoms with Gasteiger partial charge >= 0.3 is 6.36 Å². The molecule has 0 aromatic heterocycles. The van der Waals surface area contributed by atoms with Crippen LogP contribution in [-0.2, 0) is 6.42 Å². The predicted octanol–water partition coefficient (Wildman–Crippen LogP) is 2.32. The van der Waals surface area contributed by atoms with Gasteiger partial charge < -0.3 is 4.74 Å². The van der Waals surface area contributed by atoms with Crippen LogP contribution < -0.4 is 16.0 Å². The van der Waals surface area contributed by atoms with Gasteiger partial charge in [0.2, 0.25) is 0 Å². The average molecular weight is 280 g/mol. The monoisotopic (exact) mass is 280 g/mol. The molecule has 0 saturated heterocycles. The molecule has 1 unspecified atom stereocenters. The Balaban J connectivity index is 2.59. The number of hydrazine groups is 1. The van der Waals surface area contributed by atoms with Gasteiger partial charge in [0.1, 0.15) is 5.75 Å². The summed E-state index contributed by atoms with van der Waals surface area (Å²) in [6.45, 7) is 0. The van der Waals surface area contributed by atoms with Gasteiger partial charge in [-0.1, -0.05) is 12.1 Å². The van der Waals surface area contributed by atoms with Crippen molar-refractivity contribution >= 4 is 11.8 Å². The van der Waals surface area contributed by atoms with Crippen LogP contribution in [0, 0.1) is 0 Å². The number of alkyl halides is 3. The Morgan fingerprint density at radius 2 is 1.94 bits per heavy atom. The molecule has 1 aromatic rings. The number of thioether (sulfide) groups is 1. The Bertz CT molecular complexity index is 356. The lowest BCUT2D eigenvalue weighted by Crippen LogP contribution is -2.38. The highest BCUT2D eigenvalue weighted by molar-refractivity contribution is 7.98. The van der Waals surface area contributed by atoms with Crippen LogP contribution in [0.4, 0.5) is 13.2 Å². The molecule has 1 rings (SSSR count). The second kappa shape index (κ2) is 6.86. The predicted molar refractivity (Wildman–Crippen MR) is 66.3 cm³/mol. The zero-order valence-electron chi connectivity index (χ0n) is 9.83. The van der Waals surface area contributed by atoms with Gasteiger partial charge in [0, 0.05) is 11.8 Å². The molecule has 18 heavy (non-hydrogen) atoms. The highest BCUT2D eigenvalue weighted by Gasteiger charge is 2.30. The fourth-order valence-corrected chi connectivity index (χ4v) is 2.10. The van der Waals surface area contributed by atoms with Crippen LogP contribution in [0.2, 0.25) is 0 Å². The summed E-state index contributed by atoms with van der Waals surface area (Å²) in [5.41, 5.74) is 3.58. The molecule has 102 valence electrons. The Kier molecular flexibility index (Phi) is 5.77. The average Bonchev–Trinajstić information content (AvgIpc) is 2.29. The van der Waals surface area contributed by atoms with E-state index in [1.165, 1.54) is 12.1 Å². The first-order chi connectivity index (χ1) is 8.44. The zero-order valence-corrected chi connectivity index (χ0v) is 10.6. The molecule has 0 aliphatic carbocycles. The molecule has 0 aliphatic heterocycles. The van der Waals surface area contributed by atoms with E-state index in [0.29, 0.717) is 6.42 Å². The maximum absolute atomic E-state index is 12.0. The van der Waals surface area contributed by atoms with Crippen LogP contribution in [0.25, 0.3) is 0 Å². The molecule has 3 nitrogen and oxygen atoms in total. The summed E-state index contributed by atoms with van der Waals surface area (Å²) >= 11 is 1.65. The Labute approximate surface area is 108 Å². The van der Waals surface area contributed by atoms with Crippen molar-refractivity contribution in [2.45, 2.75) is 18.8 Å². The second-order valence-electron chi connectivity index (χ2n) is 3.71. The summed E-state index contributed by atoms with van der Waals surface area (Å²) in [4.78, 5) is 0. The highest BCUT2D eigenvalue weighted by Crippen LogP contribution is 2.23. The van der Waals surface area contributed by atoms with Crippen LogP contribution in [0.3, 0.4) is 0 Å². The van der Waals surface area contributed by atoms with E-state index in [2.05, 4.69) is 10.2 Å². The minimum atomic E-state index is -4.65. The molecule has 1 aromatic carbocycles. The molecule has 0 bridgehead atoms. The fraction of sp³-hybridized carbons (Fsp3) is 0.455. The van der Waals surface area contributed by atoms with Gasteiger partial charge in [0.25, 0.3) is 0 Å². The molecule has 0 fully saturated rings. The smallest absolute Gasteiger partial charge is 0.406 e. The van der Waals surface area contributed by atoms with E-state index in [9.17, 15) is 13.2 Å². The topological polar surface area (TPSA) is 47.3 Å². The lowest BCUT2D eigenvalue weighted by Gasteiger charge is -2.15. The first-order valence-electron chi connectivity index (χ1n) is 5.24. The first kappa shape index (κ1) is 15.1. The number of rotatable bonds is 6. The van der Waals surface area contributed by atoms with Crippen LogP contribution >= 0.6 is 11.8 Å². The van der Waals surface area contributed by atoms with E-state index in [1.54, 1.807) is 23.9 Å². The second-order valence-corrected chi connectivity index (χ2v) is 4.63. The molecule has 0 spiro atoms. The summed E-state index contributed by atoms with van der Waals surface area (Å²) in [6.07, 6.45) is -2.03. The van der Waals surface area contributed by atoms with E-state index < -0.39 is 6.36 Å². The van der Waals surface area contributed by atoms with Crippen LogP contribution in [0.1, 0.15) is 5.56 Å². The summed E-state index contributed by atoms with van der Waals surface area (Å²) < 4.78 is 39.7. The summed E-state index contributed by atoms with van der Waals surface area (Å²) in [5.74, 6) is 6.00. The van der Waals surface area contributed by atoms with Gasteiger partial charge in [-0.15, -0.1) is 13.2 Å². The maximum Gasteiger partial charge on any atom is 0.573 e. The molecular weight excluding hydrogens is 265 g/mol. The molecule has 7 heteroatoms. The Morgan fingerprint density at radius 1 is 1.33 bits per heavy atom. The van der Waals surface area contributed by atoms with Crippen molar-refractivity contribution in [3.8, 4) is 5.75 Å². The van der Waals surface area contributed by atoms with Crippen molar-refractivity contribution in [3.63, 3.8) is 0 Å². The highest BCUT2D eigenvalue weighted by atomic mass is 32.2. The van der Waals surface area contributed by atoms with Gasteiger partial charge in [0.15, 0.2) is 0 Å². The number of hydrogen-bond donors (Lipinski definition) is 2. The third kappa shape index (κ3) is 5.61. The van der Waals surface area contributed by atoms with E-state index in [0.717, 1.165) is 11.3 Å². The SMILES string of the molecule is CSCC(Cc1ccc(OC(F)(F)F)cc1)NN. The van der Waals surface area contributed by atoms with Gasteiger partial charge in [0.05, 0.1) is 0 Å². The third-order valence-electron chi connectivity index (χ3n) is 2.24. The van der Waals surface area contributed by atoms with Gasteiger partial charge in [-0.05, 0) is 30.4 Å². The number of benzene rings is 1. The minimum absolute atomic E-state index is 0.0920. The van der Waals surface area contributed by atoms with Crippen LogP contribution in [0.5, 0.6) is 5.75 Å². The molecular formula is C11H15F3N2OS. The number of nitrogens with one attached hydrogen (secondary N) is 1. The van der Waals surface area contributed by atoms with Crippen molar-refractivity contribution in [1.29, 1.82) is 0 Å². The van der Waals surface area contributed by atoms with Crippen molar-refractivity contribution in [2.75, 3.05) is 12.0 Å². The zero-order chi connectivity index (χ0) is 13.6.